The van der Waals surface area contributed by atoms with Crippen molar-refractivity contribution in [3.8, 4) is 11.1 Å². The average Bonchev–Trinajstić information content (AvgIpc) is 3.17. The van der Waals surface area contributed by atoms with Gasteiger partial charge in [-0.2, -0.15) is 0 Å². The molecule has 0 heterocycles. The van der Waals surface area contributed by atoms with E-state index in [1.165, 1.54) is 12.1 Å². The van der Waals surface area contributed by atoms with Gasteiger partial charge in [-0.3, -0.25) is 9.59 Å². The molecule has 3 aromatic carbocycles. The number of hydrogen-bond donors (Lipinski definition) is 0. The number of Topliss-reactive ketones (excluding diaryl/α,β-unsaturated/α-hetero) is 2. The molecule has 1 fully saturated rings. The zero-order valence-electron chi connectivity index (χ0n) is 14.8. The van der Waals surface area contributed by atoms with E-state index in [1.54, 1.807) is 18.2 Å². The fourth-order valence-corrected chi connectivity index (χ4v) is 6.36. The summed E-state index contributed by atoms with van der Waals surface area (Å²) in [6.45, 7) is 0. The van der Waals surface area contributed by atoms with Crippen molar-refractivity contribution < 1.29 is 18.0 Å². The van der Waals surface area contributed by atoms with Gasteiger partial charge in [-0.15, -0.1) is 0 Å². The highest BCUT2D eigenvalue weighted by atomic mass is 32.2. The van der Waals surface area contributed by atoms with Crippen LogP contribution in [0.2, 0.25) is 0 Å². The molecule has 0 saturated heterocycles. The second-order valence-electron chi connectivity index (χ2n) is 7.24. The van der Waals surface area contributed by atoms with Gasteiger partial charge in [0.15, 0.2) is 9.84 Å². The molecular weight excluding hydrogens is 372 g/mol. The minimum Gasteiger partial charge on any atom is -0.289 e. The van der Waals surface area contributed by atoms with E-state index in [0.717, 1.165) is 22.3 Å². The van der Waals surface area contributed by atoms with Crippen molar-refractivity contribution in [1.29, 1.82) is 0 Å². The Morgan fingerprint density at radius 1 is 0.714 bits per heavy atom. The average molecular weight is 388 g/mol. The number of benzene rings is 3. The summed E-state index contributed by atoms with van der Waals surface area (Å²) in [4.78, 5) is 26.4. The summed E-state index contributed by atoms with van der Waals surface area (Å²) in [5.41, 5.74) is 1.99. The van der Waals surface area contributed by atoms with E-state index in [4.69, 9.17) is 0 Å². The minimum atomic E-state index is -3.96. The molecule has 0 aromatic heterocycles. The molecule has 138 valence electrons. The molecule has 28 heavy (non-hydrogen) atoms. The molecule has 0 amide bonds. The van der Waals surface area contributed by atoms with Crippen LogP contribution in [-0.4, -0.2) is 25.2 Å². The largest absolute Gasteiger partial charge is 0.289 e. The maximum Gasteiger partial charge on any atom is 0.218 e. The molecular formula is C23H16O4S. The summed E-state index contributed by atoms with van der Waals surface area (Å²) in [5, 5.41) is -1.37. The second kappa shape index (κ2) is 5.72. The van der Waals surface area contributed by atoms with Gasteiger partial charge < -0.3 is 0 Å². The Labute approximate surface area is 162 Å². The Kier molecular flexibility index (Phi) is 3.49. The second-order valence-corrected chi connectivity index (χ2v) is 9.37. The molecule has 0 N–H and O–H groups in total. The van der Waals surface area contributed by atoms with E-state index < -0.39 is 32.1 Å². The monoisotopic (exact) mass is 388 g/mol. The van der Waals surface area contributed by atoms with Crippen LogP contribution >= 0.6 is 0 Å². The number of rotatable bonds is 2. The third-order valence-corrected chi connectivity index (χ3v) is 7.96. The smallest absolute Gasteiger partial charge is 0.218 e. The van der Waals surface area contributed by atoms with E-state index >= 15 is 0 Å². The summed E-state index contributed by atoms with van der Waals surface area (Å²) in [6.07, 6.45) is -0.0596. The van der Waals surface area contributed by atoms with Gasteiger partial charge in [0.2, 0.25) is 11.6 Å². The molecule has 1 atom stereocenters. The van der Waals surface area contributed by atoms with Crippen molar-refractivity contribution in [2.75, 3.05) is 0 Å². The highest BCUT2D eigenvalue weighted by molar-refractivity contribution is 7.93. The van der Waals surface area contributed by atoms with Crippen LogP contribution in [0.1, 0.15) is 17.5 Å². The van der Waals surface area contributed by atoms with Gasteiger partial charge in [0, 0.05) is 0 Å². The lowest BCUT2D eigenvalue weighted by Gasteiger charge is -2.24. The van der Waals surface area contributed by atoms with Crippen LogP contribution in [0.15, 0.2) is 83.8 Å². The zero-order valence-corrected chi connectivity index (χ0v) is 15.6. The Morgan fingerprint density at radius 3 is 1.79 bits per heavy atom. The molecule has 0 aliphatic heterocycles. The maximum absolute atomic E-state index is 13.3. The molecule has 0 bridgehead atoms. The summed E-state index contributed by atoms with van der Waals surface area (Å²) in [5.74, 6) is -1.45. The normalized spacial score (nSPS) is 19.6. The van der Waals surface area contributed by atoms with Crippen LogP contribution in [0.25, 0.3) is 11.1 Å². The van der Waals surface area contributed by atoms with Crippen molar-refractivity contribution in [2.24, 2.45) is 0 Å². The fraction of sp³-hybridized carbons (Fsp3) is 0.130. The molecule has 0 radical (unpaired) electrons. The van der Waals surface area contributed by atoms with E-state index in [2.05, 4.69) is 0 Å². The highest BCUT2D eigenvalue weighted by Crippen LogP contribution is 2.55. The predicted octanol–water partition coefficient (Wildman–Crippen LogP) is 3.34. The van der Waals surface area contributed by atoms with Crippen LogP contribution in [0, 0.1) is 0 Å². The molecule has 5 rings (SSSR count). The molecule has 2 aliphatic rings. The first-order valence-corrected chi connectivity index (χ1v) is 10.6. The highest BCUT2D eigenvalue weighted by Gasteiger charge is 2.61. The van der Waals surface area contributed by atoms with Gasteiger partial charge in [0.25, 0.3) is 0 Å². The molecule has 4 nitrogen and oxygen atoms in total. The van der Waals surface area contributed by atoms with Gasteiger partial charge in [0.1, 0.15) is 5.25 Å². The van der Waals surface area contributed by atoms with E-state index in [-0.39, 0.29) is 11.3 Å². The Hall–Kier alpha value is -3.05. The van der Waals surface area contributed by atoms with Gasteiger partial charge in [-0.1, -0.05) is 66.7 Å². The van der Waals surface area contributed by atoms with Crippen LogP contribution in [0.5, 0.6) is 0 Å². The van der Waals surface area contributed by atoms with E-state index in [1.807, 2.05) is 48.5 Å². The van der Waals surface area contributed by atoms with Crippen LogP contribution < -0.4 is 0 Å². The van der Waals surface area contributed by atoms with Crippen LogP contribution in [0.3, 0.4) is 0 Å². The zero-order chi connectivity index (χ0) is 19.5. The first-order valence-electron chi connectivity index (χ1n) is 9.05. The lowest BCUT2D eigenvalue weighted by atomic mass is 9.76. The number of carbonyl (C=O) groups is 2. The molecule has 2 aliphatic carbocycles. The Morgan fingerprint density at radius 2 is 1.21 bits per heavy atom. The SMILES string of the molecule is O=C1C(=O)C2(C[C@@H]1S(=O)(=O)c1ccccc1)c1ccccc1-c1ccccc12. The van der Waals surface area contributed by atoms with Gasteiger partial charge in [-0.25, -0.2) is 8.42 Å². The van der Waals surface area contributed by atoms with Gasteiger partial charge in [-0.05, 0) is 40.8 Å². The third-order valence-electron chi connectivity index (χ3n) is 5.91. The van der Waals surface area contributed by atoms with Gasteiger partial charge in [0.05, 0.1) is 10.3 Å². The summed E-state index contributed by atoms with van der Waals surface area (Å²) in [7, 11) is -3.96. The minimum absolute atomic E-state index is 0.0596. The summed E-state index contributed by atoms with van der Waals surface area (Å²) >= 11 is 0. The number of ketones is 2. The van der Waals surface area contributed by atoms with Crippen molar-refractivity contribution in [3.05, 3.63) is 90.0 Å². The van der Waals surface area contributed by atoms with E-state index in [0.29, 0.717) is 0 Å². The van der Waals surface area contributed by atoms with Crippen LogP contribution in [-0.2, 0) is 24.8 Å². The van der Waals surface area contributed by atoms with E-state index in [9.17, 15) is 18.0 Å². The lowest BCUT2D eigenvalue weighted by molar-refractivity contribution is -0.135. The fourth-order valence-electron chi connectivity index (χ4n) is 4.63. The lowest BCUT2D eigenvalue weighted by Crippen LogP contribution is -2.32. The predicted molar refractivity (Wildman–Crippen MR) is 105 cm³/mol. The summed E-state index contributed by atoms with van der Waals surface area (Å²) in [6, 6.07) is 22.8. The number of hydrogen-bond acceptors (Lipinski definition) is 4. The topological polar surface area (TPSA) is 68.3 Å². The summed E-state index contributed by atoms with van der Waals surface area (Å²) < 4.78 is 26.4. The molecule has 5 heteroatoms. The Balaban J connectivity index is 1.73. The first-order chi connectivity index (χ1) is 13.5. The van der Waals surface area contributed by atoms with Crippen LogP contribution in [0.4, 0.5) is 0 Å². The quantitative estimate of drug-likeness (QED) is 0.632. The molecule has 1 spiro atoms. The van der Waals surface area contributed by atoms with Crippen molar-refractivity contribution in [1.82, 2.24) is 0 Å². The van der Waals surface area contributed by atoms with Gasteiger partial charge >= 0.3 is 0 Å². The van der Waals surface area contributed by atoms with Crippen molar-refractivity contribution in [2.45, 2.75) is 22.0 Å². The molecule has 1 saturated carbocycles. The molecule has 3 aromatic rings. The number of sulfone groups is 1. The van der Waals surface area contributed by atoms with Crippen molar-refractivity contribution in [3.63, 3.8) is 0 Å². The molecule has 0 unspecified atom stereocenters. The number of fused-ring (bicyclic) bond motifs is 5. The number of carbonyl (C=O) groups excluding carboxylic acids is 2. The third kappa shape index (κ3) is 2.02. The Bertz CT molecular complexity index is 1200. The van der Waals surface area contributed by atoms with Crippen molar-refractivity contribution >= 4 is 21.4 Å². The first kappa shape index (κ1) is 17.1. The maximum atomic E-state index is 13.3. The standard InChI is InChI=1S/C23H16O4S/c24-21-20(28(26,27)15-8-2-1-3-9-15)14-23(22(21)25)18-12-6-4-10-16(18)17-11-5-7-13-19(17)23/h1-13,20H,14H2/t20-/m0/s1.